The number of nitrogens with one attached hydrogen (secondary N) is 1. The number of aromatic nitrogens is 1. The summed E-state index contributed by atoms with van der Waals surface area (Å²) in [5, 5.41) is 7.06. The second-order valence-electron chi connectivity index (χ2n) is 5.66. The van der Waals surface area contributed by atoms with Crippen LogP contribution in [0.5, 0.6) is 11.5 Å². The number of thiazole rings is 1. The number of rotatable bonds is 8. The average molecular weight is 493 g/mol. The van der Waals surface area contributed by atoms with Crippen molar-refractivity contribution in [3.05, 3.63) is 57.0 Å². The Labute approximate surface area is 176 Å². The van der Waals surface area contributed by atoms with Gasteiger partial charge in [-0.2, -0.15) is 5.10 Å². The fourth-order valence-corrected chi connectivity index (χ4v) is 3.84. The van der Waals surface area contributed by atoms with Crippen LogP contribution in [-0.4, -0.2) is 24.9 Å². The zero-order valence-electron chi connectivity index (χ0n) is 15.1. The summed E-state index contributed by atoms with van der Waals surface area (Å²) in [5.41, 5.74) is 5.94. The lowest BCUT2D eigenvalue weighted by molar-refractivity contribution is 0.292. The van der Waals surface area contributed by atoms with Crippen LogP contribution in [0.2, 0.25) is 0 Å². The lowest BCUT2D eigenvalue weighted by Crippen LogP contribution is -2.01. The van der Waals surface area contributed by atoms with E-state index in [0.29, 0.717) is 12.4 Å². The summed E-state index contributed by atoms with van der Waals surface area (Å²) >= 11 is 3.77. The molecule has 1 heterocycles. The molecule has 1 aromatic heterocycles. The van der Waals surface area contributed by atoms with Crippen molar-refractivity contribution in [3.8, 4) is 22.8 Å². The smallest absolute Gasteiger partial charge is 0.203 e. The number of hydrogen-bond acceptors (Lipinski definition) is 6. The molecular weight excluding hydrogens is 473 g/mol. The molecule has 0 saturated heterocycles. The highest BCUT2D eigenvalue weighted by Crippen LogP contribution is 2.33. The zero-order chi connectivity index (χ0) is 19.1. The number of nitrogens with zero attached hydrogens (tertiary/aromatic N) is 2. The van der Waals surface area contributed by atoms with Crippen LogP contribution in [0.15, 0.2) is 52.9 Å². The summed E-state index contributed by atoms with van der Waals surface area (Å²) in [5.74, 6) is 1.48. The van der Waals surface area contributed by atoms with Crippen LogP contribution in [0.1, 0.15) is 18.9 Å². The highest BCUT2D eigenvalue weighted by Gasteiger charge is 2.11. The van der Waals surface area contributed by atoms with Crippen LogP contribution >= 0.6 is 33.9 Å². The van der Waals surface area contributed by atoms with Crippen molar-refractivity contribution in [2.24, 2.45) is 5.10 Å². The van der Waals surface area contributed by atoms with Gasteiger partial charge in [0.2, 0.25) is 5.13 Å². The van der Waals surface area contributed by atoms with Gasteiger partial charge in [0.1, 0.15) is 0 Å². The van der Waals surface area contributed by atoms with E-state index in [2.05, 4.69) is 45.0 Å². The predicted molar refractivity (Wildman–Crippen MR) is 120 cm³/mol. The third kappa shape index (κ3) is 5.20. The molecule has 0 saturated carbocycles. The van der Waals surface area contributed by atoms with Gasteiger partial charge in [-0.15, -0.1) is 11.3 Å². The minimum absolute atomic E-state index is 0.662. The molecular formula is C20H20IN3O2S. The zero-order valence-corrected chi connectivity index (χ0v) is 18.1. The first-order valence-electron chi connectivity index (χ1n) is 8.51. The van der Waals surface area contributed by atoms with E-state index in [1.54, 1.807) is 13.3 Å². The van der Waals surface area contributed by atoms with Crippen LogP contribution in [-0.2, 0) is 0 Å². The summed E-state index contributed by atoms with van der Waals surface area (Å²) < 4.78 is 12.2. The fourth-order valence-electron chi connectivity index (χ4n) is 2.39. The van der Waals surface area contributed by atoms with Gasteiger partial charge in [-0.1, -0.05) is 37.3 Å². The minimum Gasteiger partial charge on any atom is -0.493 e. The molecule has 0 aliphatic rings. The molecule has 1 N–H and O–H groups in total. The molecule has 0 unspecified atom stereocenters. The standard InChI is InChI=1S/C20H20IN3O2S/c1-3-9-26-19-16(21)10-14(11-18(19)25-2)12-22-24-20-23-17(13-27-20)15-7-5-4-6-8-15/h4-8,10-13H,3,9H2,1-2H3,(H,23,24). The van der Waals surface area contributed by atoms with Gasteiger partial charge in [0, 0.05) is 10.9 Å². The molecule has 0 spiro atoms. The van der Waals surface area contributed by atoms with E-state index < -0.39 is 0 Å². The normalized spacial score (nSPS) is 10.9. The highest BCUT2D eigenvalue weighted by atomic mass is 127. The van der Waals surface area contributed by atoms with E-state index in [9.17, 15) is 0 Å². The summed E-state index contributed by atoms with van der Waals surface area (Å²) in [4.78, 5) is 4.56. The van der Waals surface area contributed by atoms with Crippen LogP contribution in [0.4, 0.5) is 5.13 Å². The van der Waals surface area contributed by atoms with E-state index in [-0.39, 0.29) is 0 Å². The molecule has 0 amide bonds. The summed E-state index contributed by atoms with van der Waals surface area (Å²) in [6.07, 6.45) is 2.70. The van der Waals surface area contributed by atoms with Gasteiger partial charge in [0.05, 0.1) is 29.2 Å². The third-order valence-corrected chi connectivity index (χ3v) is 5.20. The Morgan fingerprint density at radius 1 is 1.26 bits per heavy atom. The van der Waals surface area contributed by atoms with Gasteiger partial charge in [0.15, 0.2) is 11.5 Å². The molecule has 0 atom stereocenters. The Bertz CT molecular complexity index is 913. The molecule has 0 aliphatic heterocycles. The van der Waals surface area contributed by atoms with Crippen molar-refractivity contribution in [2.45, 2.75) is 13.3 Å². The number of benzene rings is 2. The first kappa shape index (κ1) is 19.6. The topological polar surface area (TPSA) is 55.7 Å². The summed E-state index contributed by atoms with van der Waals surface area (Å²) in [6.45, 7) is 2.74. The molecule has 0 fully saturated rings. The molecule has 7 heteroatoms. The van der Waals surface area contributed by atoms with Crippen molar-refractivity contribution in [1.82, 2.24) is 4.98 Å². The van der Waals surface area contributed by atoms with Crippen molar-refractivity contribution >= 4 is 45.3 Å². The van der Waals surface area contributed by atoms with Gasteiger partial charge >= 0.3 is 0 Å². The highest BCUT2D eigenvalue weighted by molar-refractivity contribution is 14.1. The Morgan fingerprint density at radius 2 is 2.07 bits per heavy atom. The lowest BCUT2D eigenvalue weighted by Gasteiger charge is -2.12. The SMILES string of the molecule is CCCOc1c(I)cc(C=NNc2nc(-c3ccccc3)cs2)cc1OC. The van der Waals surface area contributed by atoms with E-state index in [4.69, 9.17) is 9.47 Å². The van der Waals surface area contributed by atoms with E-state index in [0.717, 1.165) is 37.7 Å². The Balaban J connectivity index is 1.69. The fraction of sp³-hybridized carbons (Fsp3) is 0.200. The predicted octanol–water partition coefficient (Wildman–Crippen LogP) is 5.66. The molecule has 3 aromatic rings. The van der Waals surface area contributed by atoms with E-state index in [1.807, 2.05) is 47.8 Å². The first-order chi connectivity index (χ1) is 13.2. The van der Waals surface area contributed by atoms with Crippen molar-refractivity contribution in [1.29, 1.82) is 0 Å². The second kappa shape index (κ2) is 9.70. The number of hydrazone groups is 1. The molecule has 5 nitrogen and oxygen atoms in total. The minimum atomic E-state index is 0.662. The molecule has 3 rings (SSSR count). The molecule has 2 aromatic carbocycles. The maximum absolute atomic E-state index is 5.78. The third-order valence-electron chi connectivity index (χ3n) is 3.65. The van der Waals surface area contributed by atoms with Gasteiger partial charge in [0.25, 0.3) is 0 Å². The van der Waals surface area contributed by atoms with Crippen LogP contribution in [0, 0.1) is 3.57 Å². The van der Waals surface area contributed by atoms with Crippen molar-refractivity contribution < 1.29 is 9.47 Å². The maximum atomic E-state index is 5.78. The average Bonchev–Trinajstić information content (AvgIpc) is 3.16. The van der Waals surface area contributed by atoms with E-state index in [1.165, 1.54) is 11.3 Å². The van der Waals surface area contributed by atoms with E-state index >= 15 is 0 Å². The first-order valence-corrected chi connectivity index (χ1v) is 10.5. The number of ether oxygens (including phenoxy) is 2. The monoisotopic (exact) mass is 493 g/mol. The van der Waals surface area contributed by atoms with Crippen LogP contribution < -0.4 is 14.9 Å². The Morgan fingerprint density at radius 3 is 2.81 bits per heavy atom. The maximum Gasteiger partial charge on any atom is 0.203 e. The molecule has 140 valence electrons. The summed E-state index contributed by atoms with van der Waals surface area (Å²) in [7, 11) is 1.64. The van der Waals surface area contributed by atoms with Gasteiger partial charge in [-0.05, 0) is 46.7 Å². The van der Waals surface area contributed by atoms with Crippen LogP contribution in [0.25, 0.3) is 11.3 Å². The molecule has 0 radical (unpaired) electrons. The van der Waals surface area contributed by atoms with Gasteiger partial charge in [-0.25, -0.2) is 4.98 Å². The largest absolute Gasteiger partial charge is 0.493 e. The quantitative estimate of drug-likeness (QED) is 0.250. The number of halogens is 1. The Hall–Kier alpha value is -2.13. The lowest BCUT2D eigenvalue weighted by atomic mass is 10.2. The second-order valence-corrected chi connectivity index (χ2v) is 7.68. The van der Waals surface area contributed by atoms with Crippen LogP contribution in [0.3, 0.4) is 0 Å². The van der Waals surface area contributed by atoms with Crippen molar-refractivity contribution in [2.75, 3.05) is 19.1 Å². The van der Waals surface area contributed by atoms with Crippen molar-refractivity contribution in [3.63, 3.8) is 0 Å². The molecule has 27 heavy (non-hydrogen) atoms. The molecule has 0 aliphatic carbocycles. The summed E-state index contributed by atoms with van der Waals surface area (Å²) in [6, 6.07) is 14.0. The van der Waals surface area contributed by atoms with Gasteiger partial charge < -0.3 is 9.47 Å². The Kier molecular flexibility index (Phi) is 7.05. The van der Waals surface area contributed by atoms with Gasteiger partial charge in [-0.3, -0.25) is 5.43 Å². The number of anilines is 1. The number of hydrogen-bond donors (Lipinski definition) is 1. The number of methoxy groups -OCH3 is 1. The molecule has 0 bridgehead atoms.